The van der Waals surface area contributed by atoms with Gasteiger partial charge in [0, 0.05) is 32.1 Å². The molecule has 0 saturated carbocycles. The molecule has 0 radical (unpaired) electrons. The Morgan fingerprint density at radius 3 is 2.50 bits per heavy atom. The van der Waals surface area contributed by atoms with E-state index in [1.165, 1.54) is 4.90 Å². The summed E-state index contributed by atoms with van der Waals surface area (Å²) in [7, 11) is 0. The third-order valence-corrected chi connectivity index (χ3v) is 4.04. The van der Waals surface area contributed by atoms with Crippen molar-refractivity contribution in [1.29, 1.82) is 0 Å². The molecule has 2 heterocycles. The summed E-state index contributed by atoms with van der Waals surface area (Å²) in [6, 6.07) is 0. The lowest BCUT2D eigenvalue weighted by Crippen LogP contribution is -2.56. The van der Waals surface area contributed by atoms with E-state index in [9.17, 15) is 4.79 Å². The average Bonchev–Trinajstić information content (AvgIpc) is 2.22. The SMILES string of the molecule is CC(C)(C)C1CN(C(=O)O)CCC1OC1CNC1. The van der Waals surface area contributed by atoms with Gasteiger partial charge in [0.15, 0.2) is 0 Å². The topological polar surface area (TPSA) is 61.8 Å². The number of nitrogens with zero attached hydrogens (tertiary/aromatic N) is 1. The predicted molar refractivity (Wildman–Crippen MR) is 68.7 cm³/mol. The van der Waals surface area contributed by atoms with E-state index in [1.54, 1.807) is 0 Å². The van der Waals surface area contributed by atoms with Crippen LogP contribution in [0.4, 0.5) is 4.79 Å². The number of piperidine rings is 1. The molecule has 0 spiro atoms. The van der Waals surface area contributed by atoms with E-state index >= 15 is 0 Å². The molecule has 1 amide bonds. The maximum atomic E-state index is 11.1. The Kier molecular flexibility index (Phi) is 3.82. The van der Waals surface area contributed by atoms with Gasteiger partial charge in [-0.15, -0.1) is 0 Å². The first-order chi connectivity index (χ1) is 8.38. The normalized spacial score (nSPS) is 30.1. The summed E-state index contributed by atoms with van der Waals surface area (Å²) < 4.78 is 6.11. The molecule has 0 aromatic rings. The summed E-state index contributed by atoms with van der Waals surface area (Å²) >= 11 is 0. The zero-order valence-corrected chi connectivity index (χ0v) is 11.5. The highest BCUT2D eigenvalue weighted by molar-refractivity contribution is 5.65. The van der Waals surface area contributed by atoms with Crippen LogP contribution in [-0.2, 0) is 4.74 Å². The summed E-state index contributed by atoms with van der Waals surface area (Å²) in [5, 5.41) is 12.3. The van der Waals surface area contributed by atoms with Crippen LogP contribution in [0.5, 0.6) is 0 Å². The summed E-state index contributed by atoms with van der Waals surface area (Å²) in [6.07, 6.45) is 0.502. The van der Waals surface area contributed by atoms with Gasteiger partial charge in [0.1, 0.15) is 0 Å². The number of hydrogen-bond acceptors (Lipinski definition) is 3. The van der Waals surface area contributed by atoms with Gasteiger partial charge < -0.3 is 20.1 Å². The number of ether oxygens (including phenoxy) is 1. The first kappa shape index (κ1) is 13.6. The number of amides is 1. The molecular weight excluding hydrogens is 232 g/mol. The number of likely N-dealkylation sites (tertiary alicyclic amines) is 1. The lowest BCUT2D eigenvalue weighted by molar-refractivity contribution is -0.110. The molecule has 0 aliphatic carbocycles. The van der Waals surface area contributed by atoms with Crippen molar-refractivity contribution in [3.63, 3.8) is 0 Å². The van der Waals surface area contributed by atoms with Crippen molar-refractivity contribution in [2.75, 3.05) is 26.2 Å². The minimum atomic E-state index is -0.812. The third-order valence-electron chi connectivity index (χ3n) is 4.04. The quantitative estimate of drug-likeness (QED) is 0.784. The molecule has 2 unspecified atom stereocenters. The zero-order chi connectivity index (χ0) is 13.3. The Morgan fingerprint density at radius 1 is 1.39 bits per heavy atom. The second kappa shape index (κ2) is 5.05. The van der Waals surface area contributed by atoms with Gasteiger partial charge in [-0.2, -0.15) is 0 Å². The first-order valence-corrected chi connectivity index (χ1v) is 6.72. The molecule has 0 aromatic heterocycles. The van der Waals surface area contributed by atoms with Crippen LogP contribution in [0.15, 0.2) is 0 Å². The van der Waals surface area contributed by atoms with Crippen molar-refractivity contribution >= 4 is 6.09 Å². The molecule has 2 aliphatic rings. The average molecular weight is 256 g/mol. The van der Waals surface area contributed by atoms with Crippen molar-refractivity contribution < 1.29 is 14.6 Å². The van der Waals surface area contributed by atoms with E-state index < -0.39 is 6.09 Å². The number of nitrogens with one attached hydrogen (secondary N) is 1. The van der Waals surface area contributed by atoms with Crippen molar-refractivity contribution in [1.82, 2.24) is 10.2 Å². The molecule has 2 aliphatic heterocycles. The lowest BCUT2D eigenvalue weighted by atomic mass is 9.74. The fourth-order valence-corrected chi connectivity index (χ4v) is 2.70. The molecular formula is C13H24N2O3. The van der Waals surface area contributed by atoms with Crippen LogP contribution in [0.1, 0.15) is 27.2 Å². The van der Waals surface area contributed by atoms with Gasteiger partial charge in [-0.25, -0.2) is 4.79 Å². The smallest absolute Gasteiger partial charge is 0.407 e. The Hall–Kier alpha value is -0.810. The molecule has 5 nitrogen and oxygen atoms in total. The fraction of sp³-hybridized carbons (Fsp3) is 0.923. The third kappa shape index (κ3) is 2.95. The maximum absolute atomic E-state index is 11.1. The molecule has 2 fully saturated rings. The zero-order valence-electron chi connectivity index (χ0n) is 11.5. The number of carbonyl (C=O) groups is 1. The molecule has 2 atom stereocenters. The fourth-order valence-electron chi connectivity index (χ4n) is 2.70. The van der Waals surface area contributed by atoms with Gasteiger partial charge in [-0.1, -0.05) is 20.8 Å². The second-order valence-corrected chi connectivity index (χ2v) is 6.44. The van der Waals surface area contributed by atoms with Crippen molar-refractivity contribution in [2.24, 2.45) is 11.3 Å². The summed E-state index contributed by atoms with van der Waals surface area (Å²) in [5.41, 5.74) is 0.0654. The molecule has 104 valence electrons. The van der Waals surface area contributed by atoms with Gasteiger partial charge in [0.05, 0.1) is 12.2 Å². The van der Waals surface area contributed by atoms with Gasteiger partial charge in [0.2, 0.25) is 0 Å². The van der Waals surface area contributed by atoms with E-state index in [0.29, 0.717) is 19.2 Å². The first-order valence-electron chi connectivity index (χ1n) is 6.72. The maximum Gasteiger partial charge on any atom is 0.407 e. The van der Waals surface area contributed by atoms with Crippen LogP contribution < -0.4 is 5.32 Å². The van der Waals surface area contributed by atoms with E-state index in [4.69, 9.17) is 9.84 Å². The van der Waals surface area contributed by atoms with Crippen LogP contribution >= 0.6 is 0 Å². The summed E-state index contributed by atoms with van der Waals surface area (Å²) in [4.78, 5) is 12.6. The molecule has 0 bridgehead atoms. The van der Waals surface area contributed by atoms with Crippen LogP contribution in [-0.4, -0.2) is 54.5 Å². The van der Waals surface area contributed by atoms with Crippen LogP contribution in [0, 0.1) is 11.3 Å². The molecule has 2 N–H and O–H groups in total. The van der Waals surface area contributed by atoms with Crippen LogP contribution in [0.2, 0.25) is 0 Å². The minimum absolute atomic E-state index is 0.0654. The second-order valence-electron chi connectivity index (χ2n) is 6.44. The molecule has 2 saturated heterocycles. The number of hydrogen-bond donors (Lipinski definition) is 2. The van der Waals surface area contributed by atoms with E-state index in [2.05, 4.69) is 26.1 Å². The standard InChI is InChI=1S/C13H24N2O3/c1-13(2,3)10-8-15(12(16)17)5-4-11(10)18-9-6-14-7-9/h9-11,14H,4-8H2,1-3H3,(H,16,17). The number of carboxylic acid groups (broad SMARTS) is 1. The van der Waals surface area contributed by atoms with Crippen molar-refractivity contribution in [3.8, 4) is 0 Å². The van der Waals surface area contributed by atoms with Gasteiger partial charge in [-0.05, 0) is 11.8 Å². The monoisotopic (exact) mass is 256 g/mol. The highest BCUT2D eigenvalue weighted by atomic mass is 16.5. The summed E-state index contributed by atoms with van der Waals surface area (Å²) in [6.45, 7) is 9.53. The van der Waals surface area contributed by atoms with E-state index in [-0.39, 0.29) is 17.4 Å². The van der Waals surface area contributed by atoms with E-state index in [1.807, 2.05) is 0 Å². The van der Waals surface area contributed by atoms with Gasteiger partial charge in [-0.3, -0.25) is 0 Å². The van der Waals surface area contributed by atoms with Gasteiger partial charge in [0.25, 0.3) is 0 Å². The largest absolute Gasteiger partial charge is 0.465 e. The van der Waals surface area contributed by atoms with Crippen molar-refractivity contribution in [3.05, 3.63) is 0 Å². The highest BCUT2D eigenvalue weighted by Gasteiger charge is 2.40. The Morgan fingerprint density at radius 2 is 2.06 bits per heavy atom. The van der Waals surface area contributed by atoms with Crippen molar-refractivity contribution in [2.45, 2.75) is 39.4 Å². The number of rotatable bonds is 2. The summed E-state index contributed by atoms with van der Waals surface area (Å²) in [5.74, 6) is 0.267. The Balaban J connectivity index is 2.01. The Labute approximate surface area is 108 Å². The van der Waals surface area contributed by atoms with Gasteiger partial charge >= 0.3 is 6.09 Å². The molecule has 5 heteroatoms. The Bertz CT molecular complexity index is 310. The van der Waals surface area contributed by atoms with Crippen LogP contribution in [0.3, 0.4) is 0 Å². The van der Waals surface area contributed by atoms with Crippen LogP contribution in [0.25, 0.3) is 0 Å². The van der Waals surface area contributed by atoms with E-state index in [0.717, 1.165) is 19.5 Å². The molecule has 18 heavy (non-hydrogen) atoms. The minimum Gasteiger partial charge on any atom is -0.465 e. The molecule has 0 aromatic carbocycles. The lowest BCUT2D eigenvalue weighted by Gasteiger charge is -2.45. The predicted octanol–water partition coefficient (Wildman–Crippen LogP) is 1.39. The highest BCUT2D eigenvalue weighted by Crippen LogP contribution is 2.36. The molecule has 2 rings (SSSR count).